The van der Waals surface area contributed by atoms with E-state index in [4.69, 9.17) is 9.47 Å². The van der Waals surface area contributed by atoms with Gasteiger partial charge in [-0.3, -0.25) is 9.69 Å². The van der Waals surface area contributed by atoms with Crippen LogP contribution in [0.1, 0.15) is 25.8 Å². The van der Waals surface area contributed by atoms with E-state index in [9.17, 15) is 4.79 Å². The summed E-state index contributed by atoms with van der Waals surface area (Å²) in [6, 6.07) is 10.4. The molecular weight excluding hydrogens is 292 g/mol. The highest BCUT2D eigenvalue weighted by Gasteiger charge is 2.45. The number of rotatable bonds is 6. The molecule has 0 saturated carbocycles. The van der Waals surface area contributed by atoms with E-state index in [0.717, 1.165) is 19.5 Å². The van der Waals surface area contributed by atoms with Crippen LogP contribution < -0.4 is 5.32 Å². The van der Waals surface area contributed by atoms with Gasteiger partial charge in [-0.15, -0.1) is 0 Å². The van der Waals surface area contributed by atoms with Crippen molar-refractivity contribution in [3.05, 3.63) is 35.9 Å². The molecule has 2 aliphatic rings. The van der Waals surface area contributed by atoms with Crippen LogP contribution in [0.3, 0.4) is 0 Å². The fourth-order valence-electron chi connectivity index (χ4n) is 3.10. The van der Waals surface area contributed by atoms with Gasteiger partial charge in [0, 0.05) is 19.6 Å². The van der Waals surface area contributed by atoms with Crippen LogP contribution in [0.15, 0.2) is 30.3 Å². The lowest BCUT2D eigenvalue weighted by Crippen LogP contribution is -2.47. The Kier molecular flexibility index (Phi) is 5.30. The molecule has 0 aromatic heterocycles. The van der Waals surface area contributed by atoms with Crippen molar-refractivity contribution in [3.63, 3.8) is 0 Å². The molecular formula is C18H26N2O3. The minimum Gasteiger partial charge on any atom is -0.354 e. The van der Waals surface area contributed by atoms with Crippen LogP contribution in [0.5, 0.6) is 0 Å². The van der Waals surface area contributed by atoms with Gasteiger partial charge in [0.15, 0.2) is 12.4 Å². The predicted octanol–water partition coefficient (Wildman–Crippen LogP) is 1.77. The van der Waals surface area contributed by atoms with Gasteiger partial charge in [0.2, 0.25) is 0 Å². The van der Waals surface area contributed by atoms with Crippen molar-refractivity contribution in [2.75, 3.05) is 19.6 Å². The quantitative estimate of drug-likeness (QED) is 0.868. The molecule has 2 fully saturated rings. The molecule has 2 heterocycles. The molecule has 1 aromatic rings. The van der Waals surface area contributed by atoms with E-state index in [-0.39, 0.29) is 18.3 Å². The van der Waals surface area contributed by atoms with E-state index in [2.05, 4.69) is 36.2 Å². The smallest absolute Gasteiger partial charge is 0.252 e. The average molecular weight is 318 g/mol. The van der Waals surface area contributed by atoms with Crippen molar-refractivity contribution in [2.45, 2.75) is 45.3 Å². The van der Waals surface area contributed by atoms with Crippen LogP contribution in [0.25, 0.3) is 0 Å². The molecule has 0 radical (unpaired) electrons. The summed E-state index contributed by atoms with van der Waals surface area (Å²) < 4.78 is 11.6. The van der Waals surface area contributed by atoms with Gasteiger partial charge in [-0.2, -0.15) is 0 Å². The topological polar surface area (TPSA) is 50.8 Å². The lowest BCUT2D eigenvalue weighted by molar-refractivity contribution is -0.134. The van der Waals surface area contributed by atoms with E-state index in [1.54, 1.807) is 0 Å². The lowest BCUT2D eigenvalue weighted by atomic mass is 10.1. The first kappa shape index (κ1) is 16.4. The van der Waals surface area contributed by atoms with Crippen LogP contribution in [-0.4, -0.2) is 48.9 Å². The minimum absolute atomic E-state index is 0.0419. The molecule has 126 valence electrons. The molecule has 2 aliphatic heterocycles. The highest BCUT2D eigenvalue weighted by atomic mass is 16.7. The van der Waals surface area contributed by atoms with Crippen LogP contribution in [-0.2, 0) is 20.8 Å². The molecule has 2 bridgehead atoms. The number of ether oxygens (including phenoxy) is 2. The van der Waals surface area contributed by atoms with E-state index in [0.29, 0.717) is 19.0 Å². The van der Waals surface area contributed by atoms with Crippen LogP contribution in [0, 0.1) is 5.92 Å². The molecule has 1 amide bonds. The molecule has 1 aromatic carbocycles. The summed E-state index contributed by atoms with van der Waals surface area (Å²) in [5, 5.41) is 2.97. The second-order valence-corrected chi connectivity index (χ2v) is 6.81. The zero-order valence-electron chi connectivity index (χ0n) is 13.9. The second kappa shape index (κ2) is 7.43. The largest absolute Gasteiger partial charge is 0.354 e. The van der Waals surface area contributed by atoms with Gasteiger partial charge in [0.25, 0.3) is 5.91 Å². The number of morpholine rings is 1. The Bertz CT molecular complexity index is 520. The third kappa shape index (κ3) is 4.31. The maximum absolute atomic E-state index is 12.3. The van der Waals surface area contributed by atoms with Crippen molar-refractivity contribution in [3.8, 4) is 0 Å². The first-order valence-electron chi connectivity index (χ1n) is 8.46. The molecule has 5 heteroatoms. The SMILES string of the molecule is CC(C)CCNC(=O)[C@@H]1O[C@H]2CN(Cc3ccccc3)C[C@@H]1O2. The maximum atomic E-state index is 12.3. The van der Waals surface area contributed by atoms with E-state index >= 15 is 0 Å². The normalized spacial score (nSPS) is 27.3. The molecule has 23 heavy (non-hydrogen) atoms. The Morgan fingerprint density at radius 2 is 2.04 bits per heavy atom. The number of fused-ring (bicyclic) bond motifs is 2. The molecule has 3 atom stereocenters. The summed E-state index contributed by atoms with van der Waals surface area (Å²) in [5.74, 6) is 0.538. The molecule has 2 saturated heterocycles. The number of hydrogen-bond acceptors (Lipinski definition) is 4. The predicted molar refractivity (Wildman–Crippen MR) is 87.7 cm³/mol. The number of benzene rings is 1. The Balaban J connectivity index is 1.52. The summed E-state index contributed by atoms with van der Waals surface area (Å²) in [6.07, 6.45) is 0.0378. The number of carbonyl (C=O) groups excluding carboxylic acids is 1. The Morgan fingerprint density at radius 3 is 2.78 bits per heavy atom. The molecule has 3 rings (SSSR count). The number of nitrogens with zero attached hydrogens (tertiary/aromatic N) is 1. The first-order valence-corrected chi connectivity index (χ1v) is 8.46. The fraction of sp³-hybridized carbons (Fsp3) is 0.611. The summed E-state index contributed by atoms with van der Waals surface area (Å²) in [4.78, 5) is 14.6. The monoisotopic (exact) mass is 318 g/mol. The van der Waals surface area contributed by atoms with Gasteiger partial charge in [0.05, 0.1) is 6.54 Å². The number of carbonyl (C=O) groups is 1. The standard InChI is InChI=1S/C18H26N2O3/c1-13(2)8-9-19-18(21)17-15-11-20(12-16(22-15)23-17)10-14-6-4-3-5-7-14/h3-7,13,15-17H,8-12H2,1-2H3,(H,19,21)/t15-,16-,17+/m0/s1. The summed E-state index contributed by atoms with van der Waals surface area (Å²) in [7, 11) is 0. The summed E-state index contributed by atoms with van der Waals surface area (Å²) in [6.45, 7) is 7.30. The van der Waals surface area contributed by atoms with E-state index in [1.807, 2.05) is 18.2 Å². The highest BCUT2D eigenvalue weighted by Crippen LogP contribution is 2.27. The van der Waals surface area contributed by atoms with Crippen molar-refractivity contribution in [2.24, 2.45) is 5.92 Å². The fourth-order valence-corrected chi connectivity index (χ4v) is 3.10. The Hall–Kier alpha value is -1.43. The lowest BCUT2D eigenvalue weighted by Gasteiger charge is -2.30. The van der Waals surface area contributed by atoms with Gasteiger partial charge >= 0.3 is 0 Å². The number of hydrogen-bond donors (Lipinski definition) is 1. The molecule has 0 unspecified atom stereocenters. The first-order chi connectivity index (χ1) is 11.1. The molecule has 0 aliphatic carbocycles. The Morgan fingerprint density at radius 1 is 1.26 bits per heavy atom. The van der Waals surface area contributed by atoms with Crippen LogP contribution in [0.4, 0.5) is 0 Å². The van der Waals surface area contributed by atoms with E-state index in [1.165, 1.54) is 5.56 Å². The van der Waals surface area contributed by atoms with Crippen LogP contribution >= 0.6 is 0 Å². The summed E-state index contributed by atoms with van der Waals surface area (Å²) >= 11 is 0. The second-order valence-electron chi connectivity index (χ2n) is 6.81. The zero-order chi connectivity index (χ0) is 16.2. The van der Waals surface area contributed by atoms with Crippen molar-refractivity contribution >= 4 is 5.91 Å². The van der Waals surface area contributed by atoms with Crippen LogP contribution in [0.2, 0.25) is 0 Å². The zero-order valence-corrected chi connectivity index (χ0v) is 13.9. The van der Waals surface area contributed by atoms with Gasteiger partial charge in [-0.05, 0) is 17.9 Å². The number of amides is 1. The average Bonchev–Trinajstić information content (AvgIpc) is 2.82. The van der Waals surface area contributed by atoms with Crippen molar-refractivity contribution < 1.29 is 14.3 Å². The van der Waals surface area contributed by atoms with Crippen molar-refractivity contribution in [1.82, 2.24) is 10.2 Å². The van der Waals surface area contributed by atoms with Gasteiger partial charge < -0.3 is 14.8 Å². The third-order valence-electron chi connectivity index (χ3n) is 4.34. The van der Waals surface area contributed by atoms with Gasteiger partial charge in [-0.25, -0.2) is 0 Å². The van der Waals surface area contributed by atoms with Gasteiger partial charge in [-0.1, -0.05) is 44.2 Å². The van der Waals surface area contributed by atoms with Gasteiger partial charge in [0.1, 0.15) is 6.10 Å². The molecule has 0 spiro atoms. The highest BCUT2D eigenvalue weighted by molar-refractivity contribution is 5.81. The maximum Gasteiger partial charge on any atom is 0.252 e. The third-order valence-corrected chi connectivity index (χ3v) is 4.34. The molecule has 5 nitrogen and oxygen atoms in total. The van der Waals surface area contributed by atoms with Crippen molar-refractivity contribution in [1.29, 1.82) is 0 Å². The Labute approximate surface area is 137 Å². The molecule has 1 N–H and O–H groups in total. The number of nitrogens with one attached hydrogen (secondary N) is 1. The van der Waals surface area contributed by atoms with E-state index < -0.39 is 6.10 Å². The minimum atomic E-state index is -0.479. The summed E-state index contributed by atoms with van der Waals surface area (Å²) in [5.41, 5.74) is 1.27.